The zero-order chi connectivity index (χ0) is 17.6. The van der Waals surface area contributed by atoms with E-state index in [4.69, 9.17) is 4.74 Å². The summed E-state index contributed by atoms with van der Waals surface area (Å²) in [5.41, 5.74) is 1.56. The first kappa shape index (κ1) is 17.0. The normalized spacial score (nSPS) is 11.9. The predicted molar refractivity (Wildman–Crippen MR) is 94.3 cm³/mol. The number of phenolic OH excluding ortho intramolecular Hbond substituents is 1. The Morgan fingerprint density at radius 1 is 0.920 bits per heavy atom. The van der Waals surface area contributed by atoms with Crippen LogP contribution in [0.3, 0.4) is 0 Å². The highest BCUT2D eigenvalue weighted by atomic mass is 19.1. The van der Waals surface area contributed by atoms with Gasteiger partial charge < -0.3 is 14.9 Å². The van der Waals surface area contributed by atoms with Crippen molar-refractivity contribution >= 4 is 0 Å². The molecule has 0 amide bonds. The molecule has 0 bridgehead atoms. The number of aliphatic hydroxyl groups excluding tert-OH is 1. The van der Waals surface area contributed by atoms with Gasteiger partial charge in [-0.1, -0.05) is 36.4 Å². The summed E-state index contributed by atoms with van der Waals surface area (Å²) in [7, 11) is 0. The highest BCUT2D eigenvalue weighted by molar-refractivity contribution is 5.45. The molecule has 3 nitrogen and oxygen atoms in total. The molecular formula is C21H19FO3. The summed E-state index contributed by atoms with van der Waals surface area (Å²) in [4.78, 5) is 0. The first-order valence-electron chi connectivity index (χ1n) is 8.10. The van der Waals surface area contributed by atoms with E-state index in [0.29, 0.717) is 29.9 Å². The molecule has 3 aromatic rings. The second-order valence-electron chi connectivity index (χ2n) is 5.82. The first-order chi connectivity index (χ1) is 12.1. The van der Waals surface area contributed by atoms with Crippen LogP contribution in [-0.2, 0) is 6.42 Å². The van der Waals surface area contributed by atoms with Crippen LogP contribution in [0, 0.1) is 5.82 Å². The fraction of sp³-hybridized carbons (Fsp3) is 0.143. The van der Waals surface area contributed by atoms with Gasteiger partial charge in [0.2, 0.25) is 0 Å². The molecule has 0 heterocycles. The Hall–Kier alpha value is -2.85. The standard InChI is InChI=1S/C21H19FO3/c22-17-10-6-15(7-11-17)8-12-19(23)16-9-13-21(20(24)14-16)25-18-4-2-1-3-5-18/h1-7,9-11,13-14,19,23-24H,8,12H2. The number of hydrogen-bond acceptors (Lipinski definition) is 3. The van der Waals surface area contributed by atoms with Crippen molar-refractivity contribution in [1.29, 1.82) is 0 Å². The van der Waals surface area contributed by atoms with Crippen LogP contribution in [0.1, 0.15) is 23.7 Å². The van der Waals surface area contributed by atoms with Crippen LogP contribution in [0.15, 0.2) is 72.8 Å². The summed E-state index contributed by atoms with van der Waals surface area (Å²) in [6.07, 6.45) is 0.371. The van der Waals surface area contributed by atoms with Crippen LogP contribution < -0.4 is 4.74 Å². The molecule has 0 aliphatic rings. The third-order valence-corrected chi connectivity index (χ3v) is 3.96. The number of hydrogen-bond donors (Lipinski definition) is 2. The van der Waals surface area contributed by atoms with Crippen molar-refractivity contribution in [1.82, 2.24) is 0 Å². The second kappa shape index (κ2) is 7.81. The van der Waals surface area contributed by atoms with E-state index in [1.54, 1.807) is 36.4 Å². The molecule has 0 radical (unpaired) electrons. The molecule has 4 heteroatoms. The lowest BCUT2D eigenvalue weighted by Crippen LogP contribution is -2.00. The van der Waals surface area contributed by atoms with Crippen molar-refractivity contribution in [2.24, 2.45) is 0 Å². The van der Waals surface area contributed by atoms with Crippen molar-refractivity contribution in [3.63, 3.8) is 0 Å². The highest BCUT2D eigenvalue weighted by Crippen LogP contribution is 2.33. The molecule has 0 aromatic heterocycles. The highest BCUT2D eigenvalue weighted by Gasteiger charge is 2.12. The number of rotatable bonds is 6. The molecule has 0 fully saturated rings. The summed E-state index contributed by atoms with van der Waals surface area (Å²) in [6.45, 7) is 0. The maximum Gasteiger partial charge on any atom is 0.169 e. The van der Waals surface area contributed by atoms with E-state index in [-0.39, 0.29) is 11.6 Å². The van der Waals surface area contributed by atoms with E-state index in [2.05, 4.69) is 0 Å². The van der Waals surface area contributed by atoms with Gasteiger partial charge in [-0.3, -0.25) is 0 Å². The van der Waals surface area contributed by atoms with Gasteiger partial charge in [0, 0.05) is 0 Å². The van der Waals surface area contributed by atoms with E-state index in [0.717, 1.165) is 5.56 Å². The monoisotopic (exact) mass is 338 g/mol. The fourth-order valence-corrected chi connectivity index (χ4v) is 2.56. The summed E-state index contributed by atoms with van der Waals surface area (Å²) in [5, 5.41) is 20.5. The third kappa shape index (κ3) is 4.58. The first-order valence-corrected chi connectivity index (χ1v) is 8.10. The molecule has 0 saturated heterocycles. The van der Waals surface area contributed by atoms with Gasteiger partial charge in [0.05, 0.1) is 6.10 Å². The van der Waals surface area contributed by atoms with Gasteiger partial charge in [0.15, 0.2) is 11.5 Å². The van der Waals surface area contributed by atoms with Crippen LogP contribution in [0.4, 0.5) is 4.39 Å². The van der Waals surface area contributed by atoms with Crippen molar-refractivity contribution in [3.05, 3.63) is 89.7 Å². The lowest BCUT2D eigenvalue weighted by atomic mass is 10.0. The molecule has 128 valence electrons. The smallest absolute Gasteiger partial charge is 0.169 e. The van der Waals surface area contributed by atoms with E-state index >= 15 is 0 Å². The number of aromatic hydroxyl groups is 1. The average molecular weight is 338 g/mol. The maximum absolute atomic E-state index is 12.9. The number of halogens is 1. The topological polar surface area (TPSA) is 49.7 Å². The van der Waals surface area contributed by atoms with E-state index in [9.17, 15) is 14.6 Å². The number of benzene rings is 3. The van der Waals surface area contributed by atoms with E-state index < -0.39 is 6.10 Å². The number of ether oxygens (including phenoxy) is 1. The van der Waals surface area contributed by atoms with E-state index in [1.807, 2.05) is 18.2 Å². The Morgan fingerprint density at radius 2 is 1.64 bits per heavy atom. The van der Waals surface area contributed by atoms with Crippen molar-refractivity contribution < 1.29 is 19.3 Å². The Balaban J connectivity index is 1.64. The molecule has 3 aromatic carbocycles. The molecule has 0 aliphatic carbocycles. The van der Waals surface area contributed by atoms with Crippen LogP contribution >= 0.6 is 0 Å². The molecule has 0 aliphatic heterocycles. The maximum atomic E-state index is 12.9. The molecule has 2 N–H and O–H groups in total. The Labute approximate surface area is 146 Å². The lowest BCUT2D eigenvalue weighted by molar-refractivity contribution is 0.167. The zero-order valence-corrected chi connectivity index (χ0v) is 13.6. The summed E-state index contributed by atoms with van der Waals surface area (Å²) in [5.74, 6) is 0.661. The van der Waals surface area contributed by atoms with Gasteiger partial charge in [-0.2, -0.15) is 0 Å². The Kier molecular flexibility index (Phi) is 5.31. The molecular weight excluding hydrogens is 319 g/mol. The lowest BCUT2D eigenvalue weighted by Gasteiger charge is -2.13. The van der Waals surface area contributed by atoms with Gasteiger partial charge >= 0.3 is 0 Å². The summed E-state index contributed by atoms with van der Waals surface area (Å²) < 4.78 is 18.5. The van der Waals surface area contributed by atoms with Gasteiger partial charge in [-0.05, 0) is 60.4 Å². The van der Waals surface area contributed by atoms with Crippen molar-refractivity contribution in [2.45, 2.75) is 18.9 Å². The van der Waals surface area contributed by atoms with Crippen LogP contribution in [0.5, 0.6) is 17.2 Å². The molecule has 1 unspecified atom stereocenters. The summed E-state index contributed by atoms with van der Waals surface area (Å²) >= 11 is 0. The van der Waals surface area contributed by atoms with Crippen LogP contribution in [0.25, 0.3) is 0 Å². The predicted octanol–water partition coefficient (Wildman–Crippen LogP) is 4.99. The summed E-state index contributed by atoms with van der Waals surface area (Å²) in [6, 6.07) is 20.3. The largest absolute Gasteiger partial charge is 0.504 e. The molecule has 0 saturated carbocycles. The fourth-order valence-electron chi connectivity index (χ4n) is 2.56. The molecule has 3 rings (SSSR count). The Morgan fingerprint density at radius 3 is 2.32 bits per heavy atom. The SMILES string of the molecule is Oc1cc(C(O)CCc2ccc(F)cc2)ccc1Oc1ccccc1. The van der Waals surface area contributed by atoms with Gasteiger partial charge in [0.1, 0.15) is 11.6 Å². The average Bonchev–Trinajstić information content (AvgIpc) is 2.63. The van der Waals surface area contributed by atoms with Crippen LogP contribution in [-0.4, -0.2) is 10.2 Å². The number of para-hydroxylation sites is 1. The van der Waals surface area contributed by atoms with E-state index in [1.165, 1.54) is 18.2 Å². The quantitative estimate of drug-likeness (QED) is 0.666. The molecule has 1 atom stereocenters. The number of aryl methyl sites for hydroxylation is 1. The zero-order valence-electron chi connectivity index (χ0n) is 13.6. The van der Waals surface area contributed by atoms with Crippen molar-refractivity contribution in [2.75, 3.05) is 0 Å². The van der Waals surface area contributed by atoms with Gasteiger partial charge in [0.25, 0.3) is 0 Å². The third-order valence-electron chi connectivity index (χ3n) is 3.96. The van der Waals surface area contributed by atoms with Gasteiger partial charge in [-0.25, -0.2) is 4.39 Å². The van der Waals surface area contributed by atoms with Gasteiger partial charge in [-0.15, -0.1) is 0 Å². The minimum Gasteiger partial charge on any atom is -0.504 e. The second-order valence-corrected chi connectivity index (χ2v) is 5.82. The number of aliphatic hydroxyl groups is 1. The Bertz CT molecular complexity index is 816. The molecule has 0 spiro atoms. The minimum absolute atomic E-state index is 0.0258. The van der Waals surface area contributed by atoms with Crippen LogP contribution in [0.2, 0.25) is 0 Å². The molecule has 25 heavy (non-hydrogen) atoms. The van der Waals surface area contributed by atoms with Crippen molar-refractivity contribution in [3.8, 4) is 17.2 Å². The minimum atomic E-state index is -0.721. The number of phenols is 1.